The van der Waals surface area contributed by atoms with E-state index in [2.05, 4.69) is 0 Å². The molecule has 142 valence electrons. The van der Waals surface area contributed by atoms with Gasteiger partial charge in [-0.3, -0.25) is 14.4 Å². The third kappa shape index (κ3) is 3.69. The summed E-state index contributed by atoms with van der Waals surface area (Å²) in [5.41, 5.74) is 0. The molecule has 10 nitrogen and oxygen atoms in total. The SMILES string of the molecule is O=C(ON1C(=O)CCC1=O)C1CCC(C(=O)ON2C(=O)CCC2O)CC1. The molecule has 1 atom stereocenters. The molecular weight excluding hydrogens is 348 g/mol. The summed E-state index contributed by atoms with van der Waals surface area (Å²) in [6.07, 6.45) is 0.665. The van der Waals surface area contributed by atoms with Gasteiger partial charge in [-0.05, 0) is 25.7 Å². The van der Waals surface area contributed by atoms with Crippen LogP contribution < -0.4 is 0 Å². The number of hydroxylamine groups is 4. The van der Waals surface area contributed by atoms with E-state index in [4.69, 9.17) is 9.68 Å². The Hall–Kier alpha value is -2.49. The molecule has 1 unspecified atom stereocenters. The van der Waals surface area contributed by atoms with Gasteiger partial charge in [0.1, 0.15) is 0 Å². The van der Waals surface area contributed by atoms with Crippen LogP contribution in [0.2, 0.25) is 0 Å². The van der Waals surface area contributed by atoms with E-state index < -0.39 is 47.7 Å². The van der Waals surface area contributed by atoms with Gasteiger partial charge in [-0.25, -0.2) is 9.59 Å². The minimum atomic E-state index is -1.12. The summed E-state index contributed by atoms with van der Waals surface area (Å²) in [5, 5.41) is 10.8. The lowest BCUT2D eigenvalue weighted by Gasteiger charge is -2.28. The van der Waals surface area contributed by atoms with Crippen LogP contribution in [0, 0.1) is 11.8 Å². The van der Waals surface area contributed by atoms with E-state index in [-0.39, 0.29) is 25.7 Å². The Balaban J connectivity index is 1.47. The highest BCUT2D eigenvalue weighted by Gasteiger charge is 2.39. The van der Waals surface area contributed by atoms with E-state index in [1.807, 2.05) is 0 Å². The lowest BCUT2D eigenvalue weighted by atomic mass is 9.82. The van der Waals surface area contributed by atoms with Crippen molar-refractivity contribution in [3.8, 4) is 0 Å². The predicted molar refractivity (Wildman–Crippen MR) is 80.8 cm³/mol. The molecule has 0 aromatic heterocycles. The third-order valence-electron chi connectivity index (χ3n) is 4.90. The van der Waals surface area contributed by atoms with Gasteiger partial charge >= 0.3 is 11.9 Å². The largest absolute Gasteiger partial charge is 0.370 e. The second-order valence-electron chi connectivity index (χ2n) is 6.69. The van der Waals surface area contributed by atoms with E-state index in [1.54, 1.807) is 0 Å². The lowest BCUT2D eigenvalue weighted by Crippen LogP contribution is -2.39. The van der Waals surface area contributed by atoms with Crippen molar-refractivity contribution in [3.63, 3.8) is 0 Å². The van der Waals surface area contributed by atoms with Gasteiger partial charge in [0.25, 0.3) is 17.7 Å². The topological polar surface area (TPSA) is 131 Å². The van der Waals surface area contributed by atoms with Crippen LogP contribution in [0.25, 0.3) is 0 Å². The molecule has 3 amide bonds. The zero-order chi connectivity index (χ0) is 18.8. The maximum atomic E-state index is 12.1. The molecule has 0 spiro atoms. The first kappa shape index (κ1) is 18.3. The highest BCUT2D eigenvalue weighted by atomic mass is 16.7. The smallest absolute Gasteiger partial charge is 0.336 e. The minimum absolute atomic E-state index is 0.0335. The molecule has 2 saturated heterocycles. The Kier molecular flexibility index (Phi) is 5.21. The van der Waals surface area contributed by atoms with Crippen LogP contribution in [0.15, 0.2) is 0 Å². The molecule has 1 saturated carbocycles. The number of rotatable bonds is 4. The number of carbonyl (C=O) groups excluding carboxylic acids is 5. The van der Waals surface area contributed by atoms with Crippen LogP contribution in [-0.4, -0.2) is 51.1 Å². The van der Waals surface area contributed by atoms with Crippen LogP contribution in [-0.2, 0) is 33.6 Å². The van der Waals surface area contributed by atoms with Crippen molar-refractivity contribution in [1.29, 1.82) is 0 Å². The fourth-order valence-corrected chi connectivity index (χ4v) is 3.32. The van der Waals surface area contributed by atoms with Gasteiger partial charge in [-0.2, -0.15) is 0 Å². The fourth-order valence-electron chi connectivity index (χ4n) is 3.32. The molecule has 0 aromatic rings. The molecule has 0 radical (unpaired) electrons. The molecule has 0 aromatic carbocycles. The van der Waals surface area contributed by atoms with Crippen molar-refractivity contribution in [2.24, 2.45) is 11.8 Å². The van der Waals surface area contributed by atoms with Crippen LogP contribution in [0.5, 0.6) is 0 Å². The Morgan fingerprint density at radius 1 is 0.769 bits per heavy atom. The zero-order valence-electron chi connectivity index (χ0n) is 14.1. The molecule has 3 fully saturated rings. The number of hydrogen-bond donors (Lipinski definition) is 1. The summed E-state index contributed by atoms with van der Waals surface area (Å²) in [6, 6.07) is 0. The first-order valence-electron chi connectivity index (χ1n) is 8.66. The van der Waals surface area contributed by atoms with Crippen LogP contribution in [0.1, 0.15) is 51.4 Å². The molecular formula is C16H20N2O8. The second kappa shape index (κ2) is 7.40. The molecule has 2 heterocycles. The maximum absolute atomic E-state index is 12.1. The van der Waals surface area contributed by atoms with Gasteiger partial charge in [0.05, 0.1) is 11.8 Å². The van der Waals surface area contributed by atoms with Crippen molar-refractivity contribution in [2.45, 2.75) is 57.6 Å². The van der Waals surface area contributed by atoms with E-state index in [0.717, 1.165) is 0 Å². The number of hydrogen-bond acceptors (Lipinski definition) is 8. The number of imide groups is 1. The number of aliphatic hydroxyl groups is 1. The summed E-state index contributed by atoms with van der Waals surface area (Å²) in [6.45, 7) is 0. The van der Waals surface area contributed by atoms with Crippen LogP contribution in [0.3, 0.4) is 0 Å². The highest BCUT2D eigenvalue weighted by molar-refractivity contribution is 6.01. The molecule has 10 heteroatoms. The van der Waals surface area contributed by atoms with Crippen LogP contribution in [0.4, 0.5) is 0 Å². The summed E-state index contributed by atoms with van der Waals surface area (Å²) in [4.78, 5) is 68.6. The zero-order valence-corrected chi connectivity index (χ0v) is 14.1. The maximum Gasteiger partial charge on any atom is 0.336 e. The number of carbonyl (C=O) groups is 5. The second-order valence-corrected chi connectivity index (χ2v) is 6.69. The standard InChI is InChI=1S/C16H20N2O8/c19-11-5-6-12(20)17(11)25-15(23)9-1-2-10(4-3-9)16(24)26-18-13(21)7-8-14(18)22/h9-11,19H,1-8H2. The van der Waals surface area contributed by atoms with Crippen LogP contribution >= 0.6 is 0 Å². The quantitative estimate of drug-likeness (QED) is 0.675. The number of aliphatic hydroxyl groups excluding tert-OH is 1. The van der Waals surface area contributed by atoms with E-state index in [1.165, 1.54) is 0 Å². The van der Waals surface area contributed by atoms with Crippen molar-refractivity contribution >= 4 is 29.7 Å². The first-order chi connectivity index (χ1) is 12.4. The van der Waals surface area contributed by atoms with Gasteiger partial charge in [-0.15, -0.1) is 10.1 Å². The van der Waals surface area contributed by atoms with Crippen molar-refractivity contribution < 1.29 is 38.8 Å². The van der Waals surface area contributed by atoms with Gasteiger partial charge < -0.3 is 14.8 Å². The van der Waals surface area contributed by atoms with Crippen molar-refractivity contribution in [2.75, 3.05) is 0 Å². The molecule has 0 bridgehead atoms. The molecule has 2 aliphatic heterocycles. The lowest BCUT2D eigenvalue weighted by molar-refractivity contribution is -0.225. The molecule has 3 aliphatic rings. The summed E-state index contributed by atoms with van der Waals surface area (Å²) in [7, 11) is 0. The number of nitrogens with zero attached hydrogens (tertiary/aromatic N) is 2. The van der Waals surface area contributed by atoms with Gasteiger partial charge in [0.15, 0.2) is 6.23 Å². The predicted octanol–water partition coefficient (Wildman–Crippen LogP) is -0.201. The first-order valence-corrected chi connectivity index (χ1v) is 8.66. The molecule has 26 heavy (non-hydrogen) atoms. The Morgan fingerprint density at radius 2 is 1.27 bits per heavy atom. The van der Waals surface area contributed by atoms with Crippen molar-refractivity contribution in [3.05, 3.63) is 0 Å². The molecule has 3 rings (SSSR count). The summed E-state index contributed by atoms with van der Waals surface area (Å²) in [5.74, 6) is -3.79. The van der Waals surface area contributed by atoms with Gasteiger partial charge in [0, 0.05) is 25.7 Å². The number of amides is 3. The Morgan fingerprint density at radius 3 is 1.73 bits per heavy atom. The Labute approximate surface area is 148 Å². The molecule has 1 N–H and O–H groups in total. The summed E-state index contributed by atoms with van der Waals surface area (Å²) >= 11 is 0. The van der Waals surface area contributed by atoms with E-state index in [0.29, 0.717) is 35.8 Å². The molecule has 1 aliphatic carbocycles. The van der Waals surface area contributed by atoms with E-state index in [9.17, 15) is 29.1 Å². The monoisotopic (exact) mass is 368 g/mol. The average Bonchev–Trinajstić information content (AvgIpc) is 3.12. The average molecular weight is 368 g/mol. The van der Waals surface area contributed by atoms with Crippen molar-refractivity contribution in [1.82, 2.24) is 10.1 Å². The normalized spacial score (nSPS) is 29.3. The fraction of sp³-hybridized carbons (Fsp3) is 0.688. The van der Waals surface area contributed by atoms with Gasteiger partial charge in [0.2, 0.25) is 0 Å². The summed E-state index contributed by atoms with van der Waals surface area (Å²) < 4.78 is 0. The van der Waals surface area contributed by atoms with Gasteiger partial charge in [-0.1, -0.05) is 0 Å². The Bertz CT molecular complexity index is 624. The minimum Gasteiger partial charge on any atom is -0.370 e. The third-order valence-corrected chi connectivity index (χ3v) is 4.90. The highest BCUT2D eigenvalue weighted by Crippen LogP contribution is 2.32. The van der Waals surface area contributed by atoms with E-state index >= 15 is 0 Å².